The molecule has 6 nitrogen and oxygen atoms in total. The van der Waals surface area contributed by atoms with Gasteiger partial charge in [0.25, 0.3) is 0 Å². The average molecular weight is 522 g/mol. The van der Waals surface area contributed by atoms with Gasteiger partial charge in [0.1, 0.15) is 11.5 Å². The number of nitrogens with two attached hydrogens (primary N) is 2. The minimum absolute atomic E-state index is 0.0925. The molecule has 196 valence electrons. The molecular weight excluding hydrogens is 499 g/mol. The molecule has 37 heavy (non-hydrogen) atoms. The maximum Gasteiger partial charge on any atom is 0.426 e. The third-order valence-corrected chi connectivity index (χ3v) is 4.92. The number of nitrogen functional groups attached to an aromatic ring is 2. The van der Waals surface area contributed by atoms with Crippen molar-refractivity contribution in [2.75, 3.05) is 24.7 Å². The van der Waals surface area contributed by atoms with Crippen molar-refractivity contribution in [3.63, 3.8) is 0 Å². The summed E-state index contributed by atoms with van der Waals surface area (Å²) in [5.41, 5.74) is 13.3. The first-order valence-electron chi connectivity index (χ1n) is 10.9. The van der Waals surface area contributed by atoms with Gasteiger partial charge < -0.3 is 25.7 Å². The number of carbonyl (C=O) groups excluding carboxylic acids is 1. The van der Waals surface area contributed by atoms with E-state index in [1.807, 2.05) is 0 Å². The van der Waals surface area contributed by atoms with E-state index in [1.165, 1.54) is 24.3 Å². The largest absolute Gasteiger partial charge is 0.484 e. The number of rotatable bonds is 10. The Bertz CT molecular complexity index is 1230. The van der Waals surface area contributed by atoms with Crippen LogP contribution in [0.1, 0.15) is 16.7 Å². The molecule has 0 unspecified atom stereocenters. The summed E-state index contributed by atoms with van der Waals surface area (Å²) in [6.45, 7) is -1.41. The molecule has 3 rings (SSSR count). The molecule has 0 saturated heterocycles. The van der Waals surface area contributed by atoms with Crippen LogP contribution in [-0.4, -0.2) is 25.4 Å². The molecule has 11 heteroatoms. The van der Waals surface area contributed by atoms with Crippen molar-refractivity contribution in [3.05, 3.63) is 89.5 Å². The number of ether oxygens (including phenoxy) is 3. The van der Waals surface area contributed by atoms with E-state index in [1.54, 1.807) is 18.2 Å². The summed E-state index contributed by atoms with van der Waals surface area (Å²) in [5.74, 6) is -1.02. The zero-order valence-electron chi connectivity index (χ0n) is 19.3. The molecule has 0 fully saturated rings. The number of benzene rings is 3. The van der Waals surface area contributed by atoms with Crippen molar-refractivity contribution in [2.24, 2.45) is 0 Å². The molecular formula is C26H23F5N2O4. The van der Waals surface area contributed by atoms with Gasteiger partial charge in [-0.15, -0.1) is 0 Å². The van der Waals surface area contributed by atoms with Crippen molar-refractivity contribution in [1.82, 2.24) is 0 Å². The van der Waals surface area contributed by atoms with Crippen molar-refractivity contribution in [1.29, 1.82) is 0 Å². The van der Waals surface area contributed by atoms with E-state index in [2.05, 4.69) is 4.74 Å². The zero-order chi connectivity index (χ0) is 27.1. The molecule has 0 radical (unpaired) electrons. The molecule has 0 amide bonds. The quantitative estimate of drug-likeness (QED) is 0.153. The first kappa shape index (κ1) is 27.3. The van der Waals surface area contributed by atoms with Crippen LogP contribution >= 0.6 is 0 Å². The lowest BCUT2D eigenvalue weighted by molar-refractivity contribution is -0.185. The Hall–Kier alpha value is -4.28. The SMILES string of the molecule is Nc1ccc(CCOC(=O)/C=C/c2ccc(C(F)(F)Oc3ccc(OCC(F)(F)F)cc3)cc2)c(N)c1. The fourth-order valence-corrected chi connectivity index (χ4v) is 3.08. The van der Waals surface area contributed by atoms with Gasteiger partial charge in [-0.25, -0.2) is 4.79 Å². The zero-order valence-corrected chi connectivity index (χ0v) is 19.3. The molecule has 0 atom stereocenters. The summed E-state index contributed by atoms with van der Waals surface area (Å²) in [6, 6.07) is 14.3. The van der Waals surface area contributed by atoms with Crippen LogP contribution in [0.15, 0.2) is 72.8 Å². The van der Waals surface area contributed by atoms with Crippen molar-refractivity contribution < 1.29 is 41.0 Å². The molecule has 0 bridgehead atoms. The van der Waals surface area contributed by atoms with E-state index in [9.17, 15) is 26.7 Å². The molecule has 4 N–H and O–H groups in total. The van der Waals surface area contributed by atoms with Gasteiger partial charge >= 0.3 is 18.3 Å². The Morgan fingerprint density at radius 3 is 2.14 bits per heavy atom. The van der Waals surface area contributed by atoms with Crippen LogP contribution < -0.4 is 20.9 Å². The van der Waals surface area contributed by atoms with Gasteiger partial charge in [-0.3, -0.25) is 0 Å². The maximum atomic E-state index is 14.5. The second-order valence-electron chi connectivity index (χ2n) is 7.83. The van der Waals surface area contributed by atoms with Crippen LogP contribution in [0.25, 0.3) is 6.08 Å². The van der Waals surface area contributed by atoms with E-state index in [4.69, 9.17) is 20.9 Å². The summed E-state index contributed by atoms with van der Waals surface area (Å²) < 4.78 is 80.0. The lowest BCUT2D eigenvalue weighted by Crippen LogP contribution is -2.22. The third-order valence-electron chi connectivity index (χ3n) is 4.92. The molecule has 0 saturated carbocycles. The van der Waals surface area contributed by atoms with Crippen LogP contribution in [0.3, 0.4) is 0 Å². The minimum Gasteiger partial charge on any atom is -0.484 e. The monoisotopic (exact) mass is 522 g/mol. The topological polar surface area (TPSA) is 96.8 Å². The number of hydrogen-bond donors (Lipinski definition) is 2. The summed E-state index contributed by atoms with van der Waals surface area (Å²) >= 11 is 0. The van der Waals surface area contributed by atoms with Gasteiger partial charge in [0.05, 0.1) is 12.2 Å². The second kappa shape index (κ2) is 11.6. The molecule has 0 aromatic heterocycles. The highest BCUT2D eigenvalue weighted by molar-refractivity contribution is 5.87. The Labute approximate surface area is 209 Å². The Morgan fingerprint density at radius 1 is 0.865 bits per heavy atom. The van der Waals surface area contributed by atoms with E-state index < -0.39 is 30.4 Å². The Morgan fingerprint density at radius 2 is 1.51 bits per heavy atom. The van der Waals surface area contributed by atoms with Crippen LogP contribution in [0.4, 0.5) is 33.3 Å². The molecule has 3 aromatic rings. The van der Waals surface area contributed by atoms with Gasteiger partial charge in [-0.05, 0) is 65.7 Å². The minimum atomic E-state index is -4.52. The lowest BCUT2D eigenvalue weighted by atomic mass is 10.1. The van der Waals surface area contributed by atoms with Gasteiger partial charge in [-0.2, -0.15) is 22.0 Å². The van der Waals surface area contributed by atoms with Crippen molar-refractivity contribution >= 4 is 23.4 Å². The molecule has 0 aliphatic heterocycles. The summed E-state index contributed by atoms with van der Waals surface area (Å²) in [7, 11) is 0. The molecule has 0 spiro atoms. The number of esters is 1. The van der Waals surface area contributed by atoms with Gasteiger partial charge in [0.2, 0.25) is 0 Å². The fourth-order valence-electron chi connectivity index (χ4n) is 3.08. The summed E-state index contributed by atoms with van der Waals surface area (Å²) in [6.07, 6.45) is -5.27. The number of anilines is 2. The van der Waals surface area contributed by atoms with Gasteiger partial charge in [0.15, 0.2) is 6.61 Å². The third kappa shape index (κ3) is 8.71. The molecule has 0 aliphatic carbocycles. The number of hydrogen-bond acceptors (Lipinski definition) is 6. The predicted molar refractivity (Wildman–Crippen MR) is 128 cm³/mol. The van der Waals surface area contributed by atoms with E-state index in [0.29, 0.717) is 23.4 Å². The average Bonchev–Trinajstić information content (AvgIpc) is 2.83. The molecule has 0 aliphatic rings. The number of alkyl halides is 5. The van der Waals surface area contributed by atoms with Crippen LogP contribution in [0, 0.1) is 0 Å². The molecule has 0 heterocycles. The first-order chi connectivity index (χ1) is 17.4. The predicted octanol–water partition coefficient (Wildman–Crippen LogP) is 5.72. The van der Waals surface area contributed by atoms with E-state index in [0.717, 1.165) is 42.0 Å². The van der Waals surface area contributed by atoms with Gasteiger partial charge in [-0.1, -0.05) is 18.2 Å². The second-order valence-corrected chi connectivity index (χ2v) is 7.83. The Balaban J connectivity index is 1.50. The normalized spacial score (nSPS) is 11.9. The van der Waals surface area contributed by atoms with E-state index >= 15 is 0 Å². The van der Waals surface area contributed by atoms with Crippen LogP contribution in [0.5, 0.6) is 11.5 Å². The highest BCUT2D eigenvalue weighted by Gasteiger charge is 2.34. The highest BCUT2D eigenvalue weighted by Crippen LogP contribution is 2.32. The Kier molecular flexibility index (Phi) is 8.59. The fraction of sp³-hybridized carbons (Fsp3) is 0.192. The maximum absolute atomic E-state index is 14.5. The van der Waals surface area contributed by atoms with Gasteiger partial charge in [0, 0.05) is 23.9 Å². The lowest BCUT2D eigenvalue weighted by Gasteiger charge is -2.18. The number of carbonyl (C=O) groups is 1. The smallest absolute Gasteiger partial charge is 0.426 e. The number of halogens is 5. The first-order valence-corrected chi connectivity index (χ1v) is 10.9. The summed E-state index contributed by atoms with van der Waals surface area (Å²) in [4.78, 5) is 11.9. The van der Waals surface area contributed by atoms with Crippen molar-refractivity contribution in [2.45, 2.75) is 18.7 Å². The van der Waals surface area contributed by atoms with Crippen LogP contribution in [-0.2, 0) is 22.1 Å². The van der Waals surface area contributed by atoms with E-state index in [-0.39, 0.29) is 18.1 Å². The highest BCUT2D eigenvalue weighted by atomic mass is 19.4. The standard InChI is InChI=1S/C26H23F5N2O4/c27-25(28,29)16-36-21-8-10-22(11-9-21)37-26(30,31)19-5-1-17(2-6-19)3-12-24(34)35-14-13-18-4-7-20(32)15-23(18)33/h1-12,15H,13-14,16,32-33H2/b12-3+. The molecule has 3 aromatic carbocycles. The van der Waals surface area contributed by atoms with Crippen molar-refractivity contribution in [3.8, 4) is 11.5 Å². The summed E-state index contributed by atoms with van der Waals surface area (Å²) in [5, 5.41) is 0. The van der Waals surface area contributed by atoms with Crippen LogP contribution in [0.2, 0.25) is 0 Å².